The number of carbonyl (C=O) groups is 1. The summed E-state index contributed by atoms with van der Waals surface area (Å²) in [6.07, 6.45) is -2.10. The van der Waals surface area contributed by atoms with Gasteiger partial charge in [0.1, 0.15) is 0 Å². The number of hydrogen-bond acceptors (Lipinski definition) is 2. The minimum atomic E-state index is -4.38. The van der Waals surface area contributed by atoms with Gasteiger partial charge in [-0.25, -0.2) is 0 Å². The Morgan fingerprint density at radius 2 is 1.68 bits per heavy atom. The third kappa shape index (κ3) is 4.55. The molecule has 0 amide bonds. The number of aryl methyl sites for hydroxylation is 1. The number of halogens is 3. The molecule has 1 N–H and O–H groups in total. The fourth-order valence-electron chi connectivity index (χ4n) is 3.85. The Hall–Kier alpha value is -2.34. The normalized spacial score (nSPS) is 19.4. The van der Waals surface area contributed by atoms with Gasteiger partial charge in [0.15, 0.2) is 0 Å². The molecule has 0 saturated carbocycles. The van der Waals surface area contributed by atoms with Crippen molar-refractivity contribution in [1.82, 2.24) is 4.90 Å². The molecule has 0 aromatic heterocycles. The van der Waals surface area contributed by atoms with Gasteiger partial charge < -0.3 is 5.11 Å². The first-order chi connectivity index (χ1) is 13.3. The van der Waals surface area contributed by atoms with Crippen molar-refractivity contribution in [3.05, 3.63) is 70.8 Å². The lowest BCUT2D eigenvalue weighted by atomic mass is 9.90. The Bertz CT molecular complexity index is 800. The quantitative estimate of drug-likeness (QED) is 0.766. The molecule has 3 nitrogen and oxygen atoms in total. The maximum absolute atomic E-state index is 12.9. The highest BCUT2D eigenvalue weighted by atomic mass is 19.4. The standard InChI is InChI=1S/C22H24F3NO2/c1-2-15-5-7-16(8-6-15)20(26-13-3-4-18(14-26)21(27)28)17-9-11-19(12-10-17)22(23,24)25/h5-12,18,20H,2-4,13-14H2,1H3,(H,27,28). The molecule has 0 spiro atoms. The van der Waals surface area contributed by atoms with Crippen LogP contribution in [-0.2, 0) is 17.4 Å². The summed E-state index contributed by atoms with van der Waals surface area (Å²) in [6.45, 7) is 3.16. The first kappa shape index (κ1) is 20.4. The van der Waals surface area contributed by atoms with E-state index in [0.29, 0.717) is 19.5 Å². The molecule has 0 bridgehead atoms. The number of likely N-dealkylation sites (tertiary alicyclic amines) is 1. The summed E-state index contributed by atoms with van der Waals surface area (Å²) >= 11 is 0. The maximum atomic E-state index is 12.9. The molecular formula is C22H24F3NO2. The Morgan fingerprint density at radius 3 is 2.18 bits per heavy atom. The van der Waals surface area contributed by atoms with Crippen LogP contribution < -0.4 is 0 Å². The van der Waals surface area contributed by atoms with Crippen molar-refractivity contribution in [2.75, 3.05) is 13.1 Å². The largest absolute Gasteiger partial charge is 0.481 e. The Kier molecular flexibility index (Phi) is 6.08. The number of rotatable bonds is 5. The van der Waals surface area contributed by atoms with Crippen molar-refractivity contribution in [1.29, 1.82) is 0 Å². The monoisotopic (exact) mass is 391 g/mol. The molecule has 0 aliphatic carbocycles. The van der Waals surface area contributed by atoms with E-state index in [1.807, 2.05) is 24.3 Å². The van der Waals surface area contributed by atoms with E-state index < -0.39 is 23.6 Å². The van der Waals surface area contributed by atoms with Crippen LogP contribution in [0.15, 0.2) is 48.5 Å². The molecule has 0 radical (unpaired) electrons. The van der Waals surface area contributed by atoms with Crippen LogP contribution in [0.25, 0.3) is 0 Å². The van der Waals surface area contributed by atoms with Crippen molar-refractivity contribution in [3.8, 4) is 0 Å². The molecule has 1 heterocycles. The maximum Gasteiger partial charge on any atom is 0.416 e. The zero-order chi connectivity index (χ0) is 20.3. The van der Waals surface area contributed by atoms with Crippen LogP contribution >= 0.6 is 0 Å². The van der Waals surface area contributed by atoms with Gasteiger partial charge in [-0.3, -0.25) is 9.69 Å². The molecule has 3 rings (SSSR count). The number of nitrogens with zero attached hydrogens (tertiary/aromatic N) is 1. The zero-order valence-electron chi connectivity index (χ0n) is 15.7. The second-order valence-corrected chi connectivity index (χ2v) is 7.29. The lowest BCUT2D eigenvalue weighted by molar-refractivity contribution is -0.144. The Morgan fingerprint density at radius 1 is 1.11 bits per heavy atom. The lowest BCUT2D eigenvalue weighted by Gasteiger charge is -2.37. The zero-order valence-corrected chi connectivity index (χ0v) is 15.7. The topological polar surface area (TPSA) is 40.5 Å². The fraction of sp³-hybridized carbons (Fsp3) is 0.409. The average Bonchev–Trinajstić information content (AvgIpc) is 2.69. The van der Waals surface area contributed by atoms with Crippen LogP contribution in [-0.4, -0.2) is 29.1 Å². The highest BCUT2D eigenvalue weighted by Gasteiger charge is 2.33. The van der Waals surface area contributed by atoms with Crippen LogP contribution in [0.5, 0.6) is 0 Å². The number of benzene rings is 2. The molecule has 6 heteroatoms. The van der Waals surface area contributed by atoms with E-state index in [4.69, 9.17) is 0 Å². The van der Waals surface area contributed by atoms with Crippen molar-refractivity contribution in [3.63, 3.8) is 0 Å². The molecule has 150 valence electrons. The molecule has 2 unspecified atom stereocenters. The molecule has 1 aliphatic rings. The van der Waals surface area contributed by atoms with E-state index in [1.54, 1.807) is 0 Å². The first-order valence-electron chi connectivity index (χ1n) is 9.52. The minimum Gasteiger partial charge on any atom is -0.481 e. The van der Waals surface area contributed by atoms with E-state index in [9.17, 15) is 23.1 Å². The van der Waals surface area contributed by atoms with Crippen molar-refractivity contribution >= 4 is 5.97 Å². The summed E-state index contributed by atoms with van der Waals surface area (Å²) in [6, 6.07) is 13.0. The van der Waals surface area contributed by atoms with Crippen LogP contribution in [0.2, 0.25) is 0 Å². The highest BCUT2D eigenvalue weighted by molar-refractivity contribution is 5.70. The molecule has 1 fully saturated rings. The van der Waals surface area contributed by atoms with Gasteiger partial charge in [0.25, 0.3) is 0 Å². The smallest absolute Gasteiger partial charge is 0.416 e. The minimum absolute atomic E-state index is 0.268. The Labute approximate surface area is 162 Å². The summed E-state index contributed by atoms with van der Waals surface area (Å²) in [5.41, 5.74) is 2.20. The summed E-state index contributed by atoms with van der Waals surface area (Å²) in [4.78, 5) is 13.6. The van der Waals surface area contributed by atoms with Crippen LogP contribution in [0.4, 0.5) is 13.2 Å². The summed E-state index contributed by atoms with van der Waals surface area (Å²) < 4.78 is 38.8. The van der Waals surface area contributed by atoms with Crippen molar-refractivity contribution < 1.29 is 23.1 Å². The highest BCUT2D eigenvalue weighted by Crippen LogP contribution is 2.35. The van der Waals surface area contributed by atoms with Crippen LogP contribution in [0.1, 0.15) is 48.1 Å². The van der Waals surface area contributed by atoms with Crippen molar-refractivity contribution in [2.24, 2.45) is 5.92 Å². The summed E-state index contributed by atoms with van der Waals surface area (Å²) in [5, 5.41) is 9.42. The van der Waals surface area contributed by atoms with Gasteiger partial charge in [0, 0.05) is 6.54 Å². The van der Waals surface area contributed by atoms with E-state index >= 15 is 0 Å². The van der Waals surface area contributed by atoms with Crippen molar-refractivity contribution in [2.45, 2.75) is 38.4 Å². The number of aliphatic carboxylic acids is 1. The van der Waals surface area contributed by atoms with Gasteiger partial charge in [0.05, 0.1) is 17.5 Å². The molecule has 2 atom stereocenters. The molecule has 2 aromatic carbocycles. The molecule has 2 aromatic rings. The predicted molar refractivity (Wildman–Crippen MR) is 101 cm³/mol. The van der Waals surface area contributed by atoms with Gasteiger partial charge in [0.2, 0.25) is 0 Å². The number of piperidine rings is 1. The van der Waals surface area contributed by atoms with Crippen LogP contribution in [0.3, 0.4) is 0 Å². The third-order valence-electron chi connectivity index (χ3n) is 5.42. The average molecular weight is 391 g/mol. The Balaban J connectivity index is 1.97. The fourth-order valence-corrected chi connectivity index (χ4v) is 3.85. The van der Waals surface area contributed by atoms with E-state index in [-0.39, 0.29) is 6.04 Å². The number of carboxylic acids is 1. The van der Waals surface area contributed by atoms with E-state index in [1.165, 1.54) is 17.7 Å². The predicted octanol–water partition coefficient (Wildman–Crippen LogP) is 5.15. The van der Waals surface area contributed by atoms with Gasteiger partial charge in [-0.2, -0.15) is 13.2 Å². The van der Waals surface area contributed by atoms with Gasteiger partial charge >= 0.3 is 12.1 Å². The number of carboxylic acid groups (broad SMARTS) is 1. The lowest BCUT2D eigenvalue weighted by Crippen LogP contribution is -2.41. The van der Waals surface area contributed by atoms with Gasteiger partial charge in [-0.05, 0) is 54.6 Å². The SMILES string of the molecule is CCc1ccc(C(c2ccc(C(F)(F)F)cc2)N2CCCC(C(=O)O)C2)cc1. The first-order valence-corrected chi connectivity index (χ1v) is 9.52. The summed E-state index contributed by atoms with van der Waals surface area (Å²) in [7, 11) is 0. The number of alkyl halides is 3. The number of hydrogen-bond donors (Lipinski definition) is 1. The van der Waals surface area contributed by atoms with Gasteiger partial charge in [-0.1, -0.05) is 43.3 Å². The van der Waals surface area contributed by atoms with Crippen LogP contribution in [0, 0.1) is 5.92 Å². The van der Waals surface area contributed by atoms with E-state index in [0.717, 1.165) is 36.1 Å². The second kappa shape index (κ2) is 8.35. The molecule has 1 saturated heterocycles. The van der Waals surface area contributed by atoms with E-state index in [2.05, 4.69) is 11.8 Å². The third-order valence-corrected chi connectivity index (χ3v) is 5.42. The van der Waals surface area contributed by atoms with Gasteiger partial charge in [-0.15, -0.1) is 0 Å². The second-order valence-electron chi connectivity index (χ2n) is 7.29. The molecule has 28 heavy (non-hydrogen) atoms. The summed E-state index contributed by atoms with van der Waals surface area (Å²) in [5.74, 6) is -1.28. The molecular weight excluding hydrogens is 367 g/mol. The molecule has 1 aliphatic heterocycles.